The number of nitrogens with zero attached hydrogens (tertiary/aromatic N) is 1. The van der Waals surface area contributed by atoms with Gasteiger partial charge in [0.05, 0.1) is 12.8 Å². The van der Waals surface area contributed by atoms with Crippen molar-refractivity contribution >= 4 is 11.8 Å². The zero-order valence-corrected chi connectivity index (χ0v) is 6.45. The highest BCUT2D eigenvalue weighted by atomic mass is 19.2. The number of carbonyl (C=O) groups is 1. The molecule has 1 aromatic rings. The lowest BCUT2D eigenvalue weighted by Crippen LogP contribution is -2.21. The van der Waals surface area contributed by atoms with Crippen LogP contribution in [0, 0.1) is 6.07 Å². The number of halogens is 1. The number of rotatable bonds is 1. The number of ether oxygens (including phenoxy) is 1. The zero-order chi connectivity index (χ0) is 8.97. The predicted molar refractivity (Wildman–Crippen MR) is 41.3 cm³/mol. The van der Waals surface area contributed by atoms with E-state index in [1.54, 1.807) is 0 Å². The maximum atomic E-state index is 12.9. The molecule has 0 unspecified atom stereocenters. The van der Waals surface area contributed by atoms with Crippen molar-refractivity contribution in [2.24, 2.45) is 0 Å². The van der Waals surface area contributed by atoms with Gasteiger partial charge in [-0.05, 0) is 18.2 Å². The summed E-state index contributed by atoms with van der Waals surface area (Å²) in [6, 6.07) is 8.54. The molecule has 0 spiro atoms. The fourth-order valence-electron chi connectivity index (χ4n) is 0.695. The second-order valence-corrected chi connectivity index (χ2v) is 2.01. The Bertz CT molecular complexity index is 263. The van der Waals surface area contributed by atoms with Crippen LogP contribution in [0.1, 0.15) is 0 Å². The molecule has 4 heteroatoms. The summed E-state index contributed by atoms with van der Waals surface area (Å²) in [5.74, 6) is 0. The number of amides is 1. The molecule has 1 amide bonds. The number of carbonyl (C=O) groups excluding carboxylic acids is 1. The SMILES string of the molecule is COC(=O)N(F)c1cc[c]cc1. The van der Waals surface area contributed by atoms with Crippen molar-refractivity contribution in [2.45, 2.75) is 0 Å². The van der Waals surface area contributed by atoms with E-state index in [-0.39, 0.29) is 10.8 Å². The highest BCUT2D eigenvalue weighted by Gasteiger charge is 2.13. The first kappa shape index (κ1) is 8.52. The Morgan fingerprint density at radius 2 is 2.17 bits per heavy atom. The topological polar surface area (TPSA) is 29.5 Å². The van der Waals surface area contributed by atoms with Crippen LogP contribution in [0.2, 0.25) is 0 Å². The lowest BCUT2D eigenvalue weighted by Gasteiger charge is -2.08. The Kier molecular flexibility index (Phi) is 2.63. The third kappa shape index (κ3) is 1.72. The van der Waals surface area contributed by atoms with Crippen LogP contribution in [0.4, 0.5) is 15.0 Å². The van der Waals surface area contributed by atoms with Crippen LogP contribution in [0.3, 0.4) is 0 Å². The number of hydrogen-bond acceptors (Lipinski definition) is 2. The minimum atomic E-state index is -1.04. The van der Waals surface area contributed by atoms with Gasteiger partial charge in [0.15, 0.2) is 0 Å². The predicted octanol–water partition coefficient (Wildman–Crippen LogP) is 1.94. The minimum absolute atomic E-state index is 0.0756. The zero-order valence-electron chi connectivity index (χ0n) is 6.45. The number of anilines is 1. The van der Waals surface area contributed by atoms with Gasteiger partial charge in [0.25, 0.3) is 0 Å². The smallest absolute Gasteiger partial charge is 0.442 e. The Morgan fingerprint density at radius 3 is 2.67 bits per heavy atom. The molecule has 0 aliphatic rings. The summed E-state index contributed by atoms with van der Waals surface area (Å²) in [6.07, 6.45) is -1.04. The minimum Gasteiger partial charge on any atom is -0.451 e. The van der Waals surface area contributed by atoms with Crippen LogP contribution in [0.15, 0.2) is 24.3 Å². The van der Waals surface area contributed by atoms with E-state index in [1.807, 2.05) is 0 Å². The average molecular weight is 168 g/mol. The van der Waals surface area contributed by atoms with Crippen molar-refractivity contribution in [1.29, 1.82) is 0 Å². The third-order valence-electron chi connectivity index (χ3n) is 1.26. The van der Waals surface area contributed by atoms with Crippen LogP contribution in [-0.2, 0) is 4.74 Å². The molecule has 1 rings (SSSR count). The standard InChI is InChI=1S/C8H7FNO2/c1-12-8(11)10(9)7-5-3-2-4-6-7/h3-6H,1H3. The van der Waals surface area contributed by atoms with Crippen LogP contribution >= 0.6 is 0 Å². The quantitative estimate of drug-likeness (QED) is 0.600. The first-order valence-corrected chi connectivity index (χ1v) is 3.25. The van der Waals surface area contributed by atoms with Crippen LogP contribution in [-0.4, -0.2) is 13.2 Å². The van der Waals surface area contributed by atoms with E-state index in [0.29, 0.717) is 0 Å². The molecule has 1 radical (unpaired) electrons. The largest absolute Gasteiger partial charge is 0.451 e. The van der Waals surface area contributed by atoms with E-state index in [1.165, 1.54) is 24.3 Å². The Morgan fingerprint density at radius 1 is 1.58 bits per heavy atom. The Balaban J connectivity index is 2.78. The number of benzene rings is 1. The van der Waals surface area contributed by atoms with Crippen molar-refractivity contribution < 1.29 is 14.0 Å². The maximum absolute atomic E-state index is 12.9. The van der Waals surface area contributed by atoms with Crippen LogP contribution in [0.5, 0.6) is 0 Å². The van der Waals surface area contributed by atoms with Crippen molar-refractivity contribution in [3.63, 3.8) is 0 Å². The van der Waals surface area contributed by atoms with Gasteiger partial charge in [-0.3, -0.25) is 0 Å². The molecule has 0 aromatic heterocycles. The van der Waals surface area contributed by atoms with Gasteiger partial charge < -0.3 is 4.74 Å². The van der Waals surface area contributed by atoms with Crippen molar-refractivity contribution in [1.82, 2.24) is 0 Å². The molecule has 63 valence electrons. The van der Waals surface area contributed by atoms with Crippen molar-refractivity contribution in [3.8, 4) is 0 Å². The number of hydrogen-bond donors (Lipinski definition) is 0. The normalized spacial score (nSPS) is 9.17. The maximum Gasteiger partial charge on any atom is 0.442 e. The Hall–Kier alpha value is -1.58. The van der Waals surface area contributed by atoms with E-state index in [0.717, 1.165) is 7.11 Å². The van der Waals surface area contributed by atoms with Crippen LogP contribution < -0.4 is 5.12 Å². The molecule has 1 aromatic carbocycles. The van der Waals surface area contributed by atoms with E-state index in [4.69, 9.17) is 0 Å². The lowest BCUT2D eigenvalue weighted by atomic mass is 10.3. The summed E-state index contributed by atoms with van der Waals surface area (Å²) in [5, 5.41) is -0.0756. The van der Waals surface area contributed by atoms with E-state index < -0.39 is 6.09 Å². The summed E-state index contributed by atoms with van der Waals surface area (Å²) in [6.45, 7) is 0. The first-order chi connectivity index (χ1) is 5.75. The molecule has 0 N–H and O–H groups in total. The van der Waals surface area contributed by atoms with Gasteiger partial charge in [-0.2, -0.15) is 0 Å². The number of methoxy groups -OCH3 is 1. The van der Waals surface area contributed by atoms with Crippen molar-refractivity contribution in [3.05, 3.63) is 30.3 Å². The van der Waals surface area contributed by atoms with Crippen LogP contribution in [0.25, 0.3) is 0 Å². The average Bonchev–Trinajstić information content (AvgIpc) is 2.17. The monoisotopic (exact) mass is 168 g/mol. The molecule has 0 heterocycles. The van der Waals surface area contributed by atoms with Gasteiger partial charge in [-0.15, -0.1) is 5.12 Å². The molecule has 0 saturated heterocycles. The highest BCUT2D eigenvalue weighted by Crippen LogP contribution is 2.13. The molecule has 0 atom stereocenters. The highest BCUT2D eigenvalue weighted by molar-refractivity contribution is 5.84. The van der Waals surface area contributed by atoms with Gasteiger partial charge >= 0.3 is 6.09 Å². The molecule has 0 aliphatic heterocycles. The van der Waals surface area contributed by atoms with Gasteiger partial charge in [-0.1, -0.05) is 16.6 Å². The van der Waals surface area contributed by atoms with Crippen molar-refractivity contribution in [2.75, 3.05) is 12.2 Å². The lowest BCUT2D eigenvalue weighted by molar-refractivity contribution is 0.164. The molecular weight excluding hydrogens is 161 g/mol. The summed E-state index contributed by atoms with van der Waals surface area (Å²) in [7, 11) is 1.12. The van der Waals surface area contributed by atoms with E-state index in [2.05, 4.69) is 10.8 Å². The molecule has 3 nitrogen and oxygen atoms in total. The molecular formula is C8H7FNO2. The van der Waals surface area contributed by atoms with E-state index >= 15 is 0 Å². The van der Waals surface area contributed by atoms with Gasteiger partial charge in [0.2, 0.25) is 0 Å². The summed E-state index contributed by atoms with van der Waals surface area (Å²) < 4.78 is 17.0. The second-order valence-electron chi connectivity index (χ2n) is 2.01. The van der Waals surface area contributed by atoms with Gasteiger partial charge in [0.1, 0.15) is 0 Å². The summed E-state index contributed by atoms with van der Waals surface area (Å²) in [5.41, 5.74) is 0.126. The van der Waals surface area contributed by atoms with Gasteiger partial charge in [-0.25, -0.2) is 4.79 Å². The van der Waals surface area contributed by atoms with E-state index in [9.17, 15) is 9.28 Å². The summed E-state index contributed by atoms with van der Waals surface area (Å²) in [4.78, 5) is 10.6. The molecule has 0 fully saturated rings. The van der Waals surface area contributed by atoms with Gasteiger partial charge in [0, 0.05) is 0 Å². The fraction of sp³-hybridized carbons (Fsp3) is 0.125. The first-order valence-electron chi connectivity index (χ1n) is 3.25. The fourth-order valence-corrected chi connectivity index (χ4v) is 0.695. The molecule has 0 aliphatic carbocycles. The molecule has 12 heavy (non-hydrogen) atoms. The molecule has 0 saturated carbocycles. The molecule has 0 bridgehead atoms. The Labute approximate surface area is 69.3 Å². The summed E-state index contributed by atoms with van der Waals surface area (Å²) >= 11 is 0. The third-order valence-corrected chi connectivity index (χ3v) is 1.26. The second kappa shape index (κ2) is 3.71.